The van der Waals surface area contributed by atoms with Gasteiger partial charge in [0.15, 0.2) is 11.6 Å². The molecule has 0 bridgehead atoms. The van der Waals surface area contributed by atoms with Gasteiger partial charge in [-0.3, -0.25) is 0 Å². The summed E-state index contributed by atoms with van der Waals surface area (Å²) in [5.74, 6) is 0.0882. The van der Waals surface area contributed by atoms with Crippen LogP contribution >= 0.6 is 11.6 Å². The van der Waals surface area contributed by atoms with Gasteiger partial charge in [-0.15, -0.1) is 11.6 Å². The average molecular weight is 275 g/mol. The van der Waals surface area contributed by atoms with Crippen LogP contribution in [0.3, 0.4) is 0 Å². The topological polar surface area (TPSA) is 34.6 Å². The maximum absolute atomic E-state index is 14.1. The summed E-state index contributed by atoms with van der Waals surface area (Å²) < 4.78 is 24.8. The molecule has 0 saturated carbocycles. The smallest absolute Gasteiger partial charge is 0.170 e. The normalized spacial score (nSPS) is 23.7. The minimum Gasteiger partial charge on any atom is -0.377 e. The lowest BCUT2D eigenvalue weighted by atomic mass is 10.2. The van der Waals surface area contributed by atoms with Crippen molar-refractivity contribution in [2.45, 2.75) is 18.1 Å². The van der Waals surface area contributed by atoms with E-state index in [1.54, 1.807) is 26.5 Å². The van der Waals surface area contributed by atoms with Crippen molar-refractivity contribution in [1.82, 2.24) is 4.98 Å². The Labute approximate surface area is 111 Å². The predicted octanol–water partition coefficient (Wildman–Crippen LogP) is 1.81. The van der Waals surface area contributed by atoms with Gasteiger partial charge in [-0.2, -0.15) is 0 Å². The third-order valence-corrected chi connectivity index (χ3v) is 3.50. The van der Waals surface area contributed by atoms with Crippen molar-refractivity contribution >= 4 is 17.4 Å². The number of pyridine rings is 1. The Balaban J connectivity index is 2.23. The van der Waals surface area contributed by atoms with Crippen LogP contribution in [0.4, 0.5) is 10.2 Å². The van der Waals surface area contributed by atoms with Gasteiger partial charge in [-0.25, -0.2) is 9.37 Å². The first-order valence-electron chi connectivity index (χ1n) is 5.71. The van der Waals surface area contributed by atoms with E-state index in [-0.39, 0.29) is 23.9 Å². The van der Waals surface area contributed by atoms with E-state index >= 15 is 0 Å². The maximum Gasteiger partial charge on any atom is 0.170 e. The van der Waals surface area contributed by atoms with Crippen molar-refractivity contribution in [3.63, 3.8) is 0 Å². The van der Waals surface area contributed by atoms with Gasteiger partial charge in [0, 0.05) is 39.1 Å². The zero-order valence-corrected chi connectivity index (χ0v) is 11.2. The Bertz CT molecular complexity index is 407. The van der Waals surface area contributed by atoms with Gasteiger partial charge in [-0.05, 0) is 6.07 Å². The minimum absolute atomic E-state index is 0.0733. The molecule has 0 aliphatic carbocycles. The Morgan fingerprint density at radius 1 is 1.39 bits per heavy atom. The molecule has 1 aromatic rings. The summed E-state index contributed by atoms with van der Waals surface area (Å²) in [6.45, 7) is 1.12. The summed E-state index contributed by atoms with van der Waals surface area (Å²) in [4.78, 5) is 5.91. The molecular formula is C12H16ClFN2O2. The molecule has 2 atom stereocenters. The van der Waals surface area contributed by atoms with E-state index in [9.17, 15) is 4.39 Å². The predicted molar refractivity (Wildman–Crippen MR) is 67.6 cm³/mol. The third-order valence-electron chi connectivity index (χ3n) is 3.22. The second-order valence-corrected chi connectivity index (χ2v) is 4.46. The van der Waals surface area contributed by atoms with Crippen molar-refractivity contribution < 1.29 is 13.9 Å². The van der Waals surface area contributed by atoms with Gasteiger partial charge >= 0.3 is 0 Å². The third kappa shape index (κ3) is 2.43. The summed E-state index contributed by atoms with van der Waals surface area (Å²) in [5.41, 5.74) is 0.455. The zero-order valence-electron chi connectivity index (χ0n) is 10.4. The molecule has 0 N–H and O–H groups in total. The van der Waals surface area contributed by atoms with Gasteiger partial charge in [-0.1, -0.05) is 0 Å². The number of ether oxygens (including phenoxy) is 2. The van der Waals surface area contributed by atoms with Crippen molar-refractivity contribution in [2.24, 2.45) is 0 Å². The second kappa shape index (κ2) is 5.82. The van der Waals surface area contributed by atoms with Gasteiger partial charge in [0.1, 0.15) is 12.2 Å². The number of hydrogen-bond donors (Lipinski definition) is 0. The molecule has 0 spiro atoms. The monoisotopic (exact) mass is 274 g/mol. The number of rotatable bonds is 4. The standard InChI is InChI=1S/C12H16ClFN2O2/c1-17-9-6-16(7-10(9)18-2)12-11(14)8(5-13)3-4-15-12/h3-4,9-10H,5-7H2,1-2H3. The highest BCUT2D eigenvalue weighted by molar-refractivity contribution is 6.17. The van der Waals surface area contributed by atoms with Gasteiger partial charge in [0.25, 0.3) is 0 Å². The van der Waals surface area contributed by atoms with Gasteiger partial charge < -0.3 is 14.4 Å². The molecule has 1 fully saturated rings. The lowest BCUT2D eigenvalue weighted by Crippen LogP contribution is -2.27. The molecule has 1 aromatic heterocycles. The van der Waals surface area contributed by atoms with Gasteiger partial charge in [0.2, 0.25) is 0 Å². The molecule has 0 amide bonds. The molecule has 1 aliphatic heterocycles. The Morgan fingerprint density at radius 2 is 2.00 bits per heavy atom. The molecule has 6 heteroatoms. The summed E-state index contributed by atoms with van der Waals surface area (Å²) in [6.07, 6.45) is 1.42. The summed E-state index contributed by atoms with van der Waals surface area (Å²) in [5, 5.41) is 0. The summed E-state index contributed by atoms with van der Waals surface area (Å²) in [7, 11) is 3.25. The molecule has 1 saturated heterocycles. The fourth-order valence-corrected chi connectivity index (χ4v) is 2.37. The van der Waals surface area contributed by atoms with Crippen molar-refractivity contribution in [3.05, 3.63) is 23.6 Å². The molecule has 100 valence electrons. The fraction of sp³-hybridized carbons (Fsp3) is 0.583. The summed E-state index contributed by atoms with van der Waals surface area (Å²) in [6, 6.07) is 1.59. The van der Waals surface area contributed by atoms with Crippen LogP contribution in [0, 0.1) is 5.82 Å². The number of nitrogens with zero attached hydrogens (tertiary/aromatic N) is 2. The Hall–Kier alpha value is -0.910. The second-order valence-electron chi connectivity index (χ2n) is 4.19. The highest BCUT2D eigenvalue weighted by Gasteiger charge is 2.35. The lowest BCUT2D eigenvalue weighted by Gasteiger charge is -2.18. The molecule has 2 unspecified atom stereocenters. The van der Waals surface area contributed by atoms with Crippen molar-refractivity contribution in [3.8, 4) is 0 Å². The molecule has 2 rings (SSSR count). The molecule has 0 radical (unpaired) electrons. The van der Waals surface area contributed by atoms with E-state index in [4.69, 9.17) is 21.1 Å². The highest BCUT2D eigenvalue weighted by Crippen LogP contribution is 2.26. The van der Waals surface area contributed by atoms with Crippen LogP contribution in [0.25, 0.3) is 0 Å². The number of alkyl halides is 1. The van der Waals surface area contributed by atoms with E-state index in [0.29, 0.717) is 24.5 Å². The molecule has 4 nitrogen and oxygen atoms in total. The van der Waals surface area contributed by atoms with Crippen LogP contribution in [-0.2, 0) is 15.4 Å². The quantitative estimate of drug-likeness (QED) is 0.785. The SMILES string of the molecule is COC1CN(c2nccc(CCl)c2F)CC1OC. The van der Waals surface area contributed by atoms with Crippen LogP contribution in [0.15, 0.2) is 12.3 Å². The van der Waals surface area contributed by atoms with E-state index in [1.165, 1.54) is 0 Å². The van der Waals surface area contributed by atoms with Gasteiger partial charge in [0.05, 0.1) is 5.88 Å². The number of aromatic nitrogens is 1. The summed E-state index contributed by atoms with van der Waals surface area (Å²) >= 11 is 5.69. The van der Waals surface area contributed by atoms with Crippen molar-refractivity contribution in [1.29, 1.82) is 0 Å². The van der Waals surface area contributed by atoms with E-state index in [2.05, 4.69) is 4.98 Å². The van der Waals surface area contributed by atoms with Crippen molar-refractivity contribution in [2.75, 3.05) is 32.2 Å². The largest absolute Gasteiger partial charge is 0.377 e. The zero-order chi connectivity index (χ0) is 13.1. The molecular weight excluding hydrogens is 259 g/mol. The van der Waals surface area contributed by atoms with Crippen LogP contribution < -0.4 is 4.90 Å². The Morgan fingerprint density at radius 3 is 2.50 bits per heavy atom. The lowest BCUT2D eigenvalue weighted by molar-refractivity contribution is -0.00461. The minimum atomic E-state index is -0.362. The number of halogens is 2. The molecule has 1 aliphatic rings. The van der Waals surface area contributed by atoms with Crippen LogP contribution in [0.2, 0.25) is 0 Å². The molecule has 0 aromatic carbocycles. The van der Waals surface area contributed by atoms with E-state index in [0.717, 1.165) is 0 Å². The van der Waals surface area contributed by atoms with E-state index < -0.39 is 0 Å². The highest BCUT2D eigenvalue weighted by atomic mass is 35.5. The first-order chi connectivity index (χ1) is 8.71. The average Bonchev–Trinajstić information content (AvgIpc) is 2.82. The first kappa shape index (κ1) is 13.5. The number of anilines is 1. The number of hydrogen-bond acceptors (Lipinski definition) is 4. The Kier molecular flexibility index (Phi) is 4.37. The first-order valence-corrected chi connectivity index (χ1v) is 6.24. The molecule has 18 heavy (non-hydrogen) atoms. The fourth-order valence-electron chi connectivity index (χ4n) is 2.16. The maximum atomic E-state index is 14.1. The van der Waals surface area contributed by atoms with Crippen LogP contribution in [0.5, 0.6) is 0 Å². The van der Waals surface area contributed by atoms with E-state index in [1.807, 2.05) is 4.90 Å². The molecule has 2 heterocycles. The van der Waals surface area contributed by atoms with Crippen LogP contribution in [-0.4, -0.2) is 44.5 Å². The number of methoxy groups -OCH3 is 2. The van der Waals surface area contributed by atoms with Crippen LogP contribution in [0.1, 0.15) is 5.56 Å².